The molecule has 0 amide bonds. The van der Waals surface area contributed by atoms with Crippen molar-refractivity contribution >= 4 is 5.82 Å². The molecule has 2 aliphatic rings. The van der Waals surface area contributed by atoms with Gasteiger partial charge in [-0.1, -0.05) is 30.3 Å². The first kappa shape index (κ1) is 15.4. The molecule has 1 aliphatic carbocycles. The van der Waals surface area contributed by atoms with Crippen molar-refractivity contribution in [3.05, 3.63) is 48.3 Å². The molecule has 2 heterocycles. The summed E-state index contributed by atoms with van der Waals surface area (Å²) in [5, 5.41) is 20.7. The monoisotopic (exact) mass is 327 g/mol. The van der Waals surface area contributed by atoms with E-state index >= 15 is 0 Å². The van der Waals surface area contributed by atoms with Crippen molar-refractivity contribution in [2.45, 2.75) is 12.0 Å². The maximum Gasteiger partial charge on any atom is 0.257 e. The molecule has 4 atom stereocenters. The summed E-state index contributed by atoms with van der Waals surface area (Å²) in [6.07, 6.45) is 2.69. The summed E-state index contributed by atoms with van der Waals surface area (Å²) >= 11 is 0. The molecule has 0 bridgehead atoms. The molecule has 2 aromatic rings. The molecule has 126 valence electrons. The highest BCUT2D eigenvalue weighted by molar-refractivity contribution is 5.52. The smallest absolute Gasteiger partial charge is 0.257 e. The van der Waals surface area contributed by atoms with E-state index < -0.39 is 6.10 Å². The summed E-state index contributed by atoms with van der Waals surface area (Å²) in [5.41, 5.74) is 0.835. The van der Waals surface area contributed by atoms with Crippen LogP contribution in [-0.4, -0.2) is 53.1 Å². The second-order valence-electron chi connectivity index (χ2n) is 6.58. The maximum absolute atomic E-state index is 10.8. The van der Waals surface area contributed by atoms with E-state index in [1.165, 1.54) is 5.56 Å². The lowest BCUT2D eigenvalue weighted by molar-refractivity contribution is 0.113. The number of rotatable bonds is 4. The minimum Gasteiger partial charge on any atom is -0.478 e. The number of hydrogen-bond acceptors (Lipinski definition) is 6. The predicted octanol–water partition coefficient (Wildman–Crippen LogP) is 1.06. The number of benzene rings is 1. The Morgan fingerprint density at radius 1 is 1.25 bits per heavy atom. The molecule has 2 N–H and O–H groups in total. The first-order valence-corrected chi connectivity index (χ1v) is 8.16. The second kappa shape index (κ2) is 5.72. The summed E-state index contributed by atoms with van der Waals surface area (Å²) in [6, 6.07) is 10.1. The molecular weight excluding hydrogens is 306 g/mol. The number of aliphatic hydroxyl groups excluding tert-OH is 2. The van der Waals surface area contributed by atoms with Crippen LogP contribution in [0.5, 0.6) is 5.88 Å². The third kappa shape index (κ3) is 2.10. The molecule has 0 unspecified atom stereocenters. The van der Waals surface area contributed by atoms with Crippen molar-refractivity contribution in [2.75, 3.05) is 31.7 Å². The third-order valence-corrected chi connectivity index (χ3v) is 5.54. The van der Waals surface area contributed by atoms with Gasteiger partial charge in [0.2, 0.25) is 0 Å². The summed E-state index contributed by atoms with van der Waals surface area (Å²) in [4.78, 5) is 10.6. The lowest BCUT2D eigenvalue weighted by Crippen LogP contribution is -2.23. The first-order valence-electron chi connectivity index (χ1n) is 8.16. The van der Waals surface area contributed by atoms with Crippen LogP contribution in [0.1, 0.15) is 11.5 Å². The Labute approximate surface area is 140 Å². The van der Waals surface area contributed by atoms with E-state index in [4.69, 9.17) is 4.74 Å². The van der Waals surface area contributed by atoms with Gasteiger partial charge in [0.1, 0.15) is 0 Å². The fraction of sp³-hybridized carbons (Fsp3) is 0.444. The molecule has 1 aromatic heterocycles. The van der Waals surface area contributed by atoms with E-state index in [0.29, 0.717) is 24.8 Å². The number of ether oxygens (including phenoxy) is 1. The highest BCUT2D eigenvalue weighted by Gasteiger charge is 2.71. The van der Waals surface area contributed by atoms with Crippen molar-refractivity contribution in [3.8, 4) is 5.88 Å². The number of anilines is 1. The number of aromatic nitrogens is 2. The van der Waals surface area contributed by atoms with Gasteiger partial charge < -0.3 is 19.8 Å². The van der Waals surface area contributed by atoms with Crippen LogP contribution in [0.4, 0.5) is 5.82 Å². The molecule has 2 fully saturated rings. The largest absolute Gasteiger partial charge is 0.478 e. The van der Waals surface area contributed by atoms with Crippen LogP contribution >= 0.6 is 0 Å². The van der Waals surface area contributed by atoms with Gasteiger partial charge in [-0.25, -0.2) is 9.97 Å². The van der Waals surface area contributed by atoms with Crippen LogP contribution in [0.25, 0.3) is 0 Å². The van der Waals surface area contributed by atoms with Gasteiger partial charge in [0.25, 0.3) is 5.88 Å². The normalized spacial score (nSPS) is 31.5. The Balaban J connectivity index is 1.65. The molecule has 1 aliphatic heterocycles. The molecule has 4 rings (SSSR count). The summed E-state index contributed by atoms with van der Waals surface area (Å²) in [6.45, 7) is 1.17. The van der Waals surface area contributed by atoms with Crippen molar-refractivity contribution in [2.24, 2.45) is 11.3 Å². The molecule has 1 spiro atoms. The van der Waals surface area contributed by atoms with Crippen LogP contribution < -0.4 is 9.64 Å². The molecule has 1 saturated carbocycles. The Bertz CT molecular complexity index is 726. The number of aliphatic hydroxyl groups is 2. The van der Waals surface area contributed by atoms with Gasteiger partial charge in [0.05, 0.1) is 13.2 Å². The zero-order valence-corrected chi connectivity index (χ0v) is 13.5. The maximum atomic E-state index is 10.8. The van der Waals surface area contributed by atoms with E-state index in [1.54, 1.807) is 19.5 Å². The lowest BCUT2D eigenvalue weighted by atomic mass is 9.95. The van der Waals surface area contributed by atoms with Gasteiger partial charge in [0.15, 0.2) is 5.82 Å². The molecule has 24 heavy (non-hydrogen) atoms. The number of methoxy groups -OCH3 is 1. The van der Waals surface area contributed by atoms with Crippen LogP contribution in [0, 0.1) is 11.3 Å². The number of hydrogen-bond donors (Lipinski definition) is 2. The Hall–Kier alpha value is -2.18. The topological polar surface area (TPSA) is 78.7 Å². The Morgan fingerprint density at radius 2 is 2.00 bits per heavy atom. The predicted molar refractivity (Wildman–Crippen MR) is 89.0 cm³/mol. The van der Waals surface area contributed by atoms with Gasteiger partial charge in [0, 0.05) is 37.5 Å². The average molecular weight is 327 g/mol. The van der Waals surface area contributed by atoms with E-state index in [0.717, 1.165) is 0 Å². The zero-order valence-electron chi connectivity index (χ0n) is 13.5. The van der Waals surface area contributed by atoms with Gasteiger partial charge in [-0.15, -0.1) is 0 Å². The molecule has 1 aromatic carbocycles. The minimum absolute atomic E-state index is 0.0579. The standard InChI is InChI=1S/C18H21N3O3/c1-24-17-16(19-7-8-20-17)21-9-14(23)18(11-21)13(10-22)15(18)12-5-3-2-4-6-12/h2-8,13-15,22-23H,9-11H2,1H3/t13-,14-,15-,18-/m1/s1. The number of nitrogens with zero attached hydrogens (tertiary/aromatic N) is 3. The quantitative estimate of drug-likeness (QED) is 0.874. The molecule has 1 saturated heterocycles. The van der Waals surface area contributed by atoms with E-state index in [2.05, 4.69) is 22.1 Å². The number of β-amino-alcohol motifs (C(OH)–C–C–N with tert-alkyl or cyclic N) is 1. The van der Waals surface area contributed by atoms with Crippen molar-refractivity contribution in [1.29, 1.82) is 0 Å². The van der Waals surface area contributed by atoms with Gasteiger partial charge in [-0.05, 0) is 17.4 Å². The fourth-order valence-electron chi connectivity index (χ4n) is 4.41. The summed E-state index contributed by atoms with van der Waals surface area (Å²) in [7, 11) is 1.57. The summed E-state index contributed by atoms with van der Waals surface area (Å²) < 4.78 is 5.30. The average Bonchev–Trinajstić information content (AvgIpc) is 3.17. The van der Waals surface area contributed by atoms with Crippen LogP contribution in [0.3, 0.4) is 0 Å². The van der Waals surface area contributed by atoms with E-state index in [9.17, 15) is 10.2 Å². The molecule has 6 nitrogen and oxygen atoms in total. The highest BCUT2D eigenvalue weighted by Crippen LogP contribution is 2.69. The SMILES string of the molecule is COc1nccnc1N1C[C@@H](O)[C@@]2(C1)[C@H](CO)[C@H]2c1ccccc1. The minimum atomic E-state index is -0.522. The van der Waals surface area contributed by atoms with Crippen molar-refractivity contribution in [1.82, 2.24) is 9.97 Å². The van der Waals surface area contributed by atoms with E-state index in [1.807, 2.05) is 23.1 Å². The third-order valence-electron chi connectivity index (χ3n) is 5.54. The highest BCUT2D eigenvalue weighted by atomic mass is 16.5. The molecule has 6 heteroatoms. The first-order chi connectivity index (χ1) is 11.7. The van der Waals surface area contributed by atoms with E-state index in [-0.39, 0.29) is 23.9 Å². The molecule has 0 radical (unpaired) electrons. The zero-order chi connectivity index (χ0) is 16.7. The Kier molecular flexibility index (Phi) is 3.66. The van der Waals surface area contributed by atoms with Crippen LogP contribution in [-0.2, 0) is 0 Å². The summed E-state index contributed by atoms with van der Waals surface area (Å²) in [5.74, 6) is 1.32. The fourth-order valence-corrected chi connectivity index (χ4v) is 4.41. The second-order valence-corrected chi connectivity index (χ2v) is 6.58. The molecular formula is C18H21N3O3. The van der Waals surface area contributed by atoms with Crippen molar-refractivity contribution < 1.29 is 14.9 Å². The van der Waals surface area contributed by atoms with Gasteiger partial charge in [-0.3, -0.25) is 0 Å². The van der Waals surface area contributed by atoms with Gasteiger partial charge >= 0.3 is 0 Å². The van der Waals surface area contributed by atoms with Gasteiger partial charge in [-0.2, -0.15) is 0 Å². The van der Waals surface area contributed by atoms with Crippen LogP contribution in [0.2, 0.25) is 0 Å². The van der Waals surface area contributed by atoms with Crippen LogP contribution in [0.15, 0.2) is 42.7 Å². The lowest BCUT2D eigenvalue weighted by Gasteiger charge is -2.18. The van der Waals surface area contributed by atoms with Crippen molar-refractivity contribution in [3.63, 3.8) is 0 Å². The Morgan fingerprint density at radius 3 is 2.71 bits per heavy atom.